The molecule has 0 aromatic rings. The van der Waals surface area contributed by atoms with Crippen molar-refractivity contribution in [2.24, 2.45) is 0 Å². The Morgan fingerprint density at radius 2 is 2.08 bits per heavy atom. The van der Waals surface area contributed by atoms with E-state index in [9.17, 15) is 18.0 Å². The Morgan fingerprint density at radius 1 is 1.54 bits per heavy atom. The van der Waals surface area contributed by atoms with Gasteiger partial charge in [-0.1, -0.05) is 0 Å². The minimum Gasteiger partial charge on any atom is -0.469 e. The van der Waals surface area contributed by atoms with Crippen LogP contribution >= 0.6 is 0 Å². The van der Waals surface area contributed by atoms with Gasteiger partial charge in [-0.25, -0.2) is 0 Å². The fourth-order valence-corrected chi connectivity index (χ4v) is 0.695. The molecule has 0 aromatic carbocycles. The first-order valence-electron chi connectivity index (χ1n) is 3.72. The van der Waals surface area contributed by atoms with Crippen molar-refractivity contribution in [2.45, 2.75) is 25.6 Å². The zero-order valence-corrected chi connectivity index (χ0v) is 7.44. The van der Waals surface area contributed by atoms with E-state index in [2.05, 4.69) is 10.1 Å². The molecule has 0 saturated carbocycles. The van der Waals surface area contributed by atoms with E-state index >= 15 is 0 Å². The number of carbonyl (C=O) groups is 1. The number of carbonyl (C=O) groups excluding carboxylic acids is 1. The first kappa shape index (κ1) is 12.2. The Morgan fingerprint density at radius 3 is 2.46 bits per heavy atom. The number of hydrogen-bond donors (Lipinski definition) is 1. The van der Waals surface area contributed by atoms with Gasteiger partial charge in [-0.05, 0) is 6.92 Å². The molecule has 0 aliphatic rings. The summed E-state index contributed by atoms with van der Waals surface area (Å²) in [5.74, 6) is -0.526. The van der Waals surface area contributed by atoms with Gasteiger partial charge in [0.15, 0.2) is 0 Å². The number of esters is 1. The summed E-state index contributed by atoms with van der Waals surface area (Å²) in [6.07, 6.45) is -4.31. The van der Waals surface area contributed by atoms with Crippen LogP contribution in [0.25, 0.3) is 0 Å². The van der Waals surface area contributed by atoms with Gasteiger partial charge in [0.1, 0.15) is 0 Å². The molecule has 0 saturated heterocycles. The van der Waals surface area contributed by atoms with Crippen molar-refractivity contribution in [3.63, 3.8) is 0 Å². The van der Waals surface area contributed by atoms with Crippen LogP contribution in [0.1, 0.15) is 13.3 Å². The van der Waals surface area contributed by atoms with Crippen molar-refractivity contribution in [1.29, 1.82) is 0 Å². The third-order valence-electron chi connectivity index (χ3n) is 1.35. The van der Waals surface area contributed by atoms with Crippen molar-refractivity contribution in [3.8, 4) is 0 Å². The third-order valence-corrected chi connectivity index (χ3v) is 1.35. The van der Waals surface area contributed by atoms with Crippen LogP contribution in [-0.2, 0) is 9.53 Å². The molecular formula is C7H12F3NO2. The lowest BCUT2D eigenvalue weighted by atomic mass is 10.2. The van der Waals surface area contributed by atoms with Crippen molar-refractivity contribution in [3.05, 3.63) is 0 Å². The summed E-state index contributed by atoms with van der Waals surface area (Å²) in [5.41, 5.74) is 0. The van der Waals surface area contributed by atoms with Gasteiger partial charge >= 0.3 is 12.1 Å². The summed E-state index contributed by atoms with van der Waals surface area (Å²) in [6.45, 7) is 0.397. The highest BCUT2D eigenvalue weighted by Crippen LogP contribution is 2.12. The van der Waals surface area contributed by atoms with Crippen LogP contribution in [-0.4, -0.2) is 31.8 Å². The maximum Gasteiger partial charge on any atom is 0.401 e. The lowest BCUT2D eigenvalue weighted by molar-refractivity contribution is -0.142. The van der Waals surface area contributed by atoms with E-state index < -0.39 is 24.7 Å². The zero-order chi connectivity index (χ0) is 10.5. The van der Waals surface area contributed by atoms with Crippen LogP contribution in [0.2, 0.25) is 0 Å². The molecule has 1 atom stereocenters. The minimum atomic E-state index is -4.25. The molecule has 0 rings (SSSR count). The summed E-state index contributed by atoms with van der Waals surface area (Å²) in [5, 5.41) is 2.16. The highest BCUT2D eigenvalue weighted by molar-refractivity contribution is 5.69. The van der Waals surface area contributed by atoms with Gasteiger partial charge in [0.25, 0.3) is 0 Å². The Kier molecular flexibility index (Phi) is 4.76. The maximum absolute atomic E-state index is 11.7. The molecule has 0 spiro atoms. The quantitative estimate of drug-likeness (QED) is 0.689. The van der Waals surface area contributed by atoms with Crippen LogP contribution in [0.15, 0.2) is 0 Å². The number of methoxy groups -OCH3 is 1. The summed E-state index contributed by atoms with van der Waals surface area (Å²) in [4.78, 5) is 10.6. The molecule has 1 N–H and O–H groups in total. The monoisotopic (exact) mass is 199 g/mol. The summed E-state index contributed by atoms with van der Waals surface area (Å²) in [7, 11) is 1.19. The van der Waals surface area contributed by atoms with E-state index in [4.69, 9.17) is 0 Å². The van der Waals surface area contributed by atoms with Crippen LogP contribution in [0.5, 0.6) is 0 Å². The normalized spacial score (nSPS) is 13.9. The van der Waals surface area contributed by atoms with Gasteiger partial charge in [0.05, 0.1) is 20.1 Å². The first-order valence-corrected chi connectivity index (χ1v) is 3.72. The molecule has 0 aliphatic heterocycles. The molecule has 0 radical (unpaired) electrons. The van der Waals surface area contributed by atoms with Crippen molar-refractivity contribution in [1.82, 2.24) is 5.32 Å². The molecule has 78 valence electrons. The van der Waals surface area contributed by atoms with Crippen LogP contribution < -0.4 is 5.32 Å². The van der Waals surface area contributed by atoms with E-state index in [1.807, 2.05) is 0 Å². The number of hydrogen-bond acceptors (Lipinski definition) is 3. The van der Waals surface area contributed by atoms with E-state index in [-0.39, 0.29) is 6.42 Å². The maximum atomic E-state index is 11.7. The standard InChI is InChI=1S/C7H12F3NO2/c1-5(3-6(12)13-2)11-4-7(8,9)10/h5,11H,3-4H2,1-2H3. The Labute approximate surface area is 74.3 Å². The fourth-order valence-electron chi connectivity index (χ4n) is 0.695. The van der Waals surface area contributed by atoms with Gasteiger partial charge in [0.2, 0.25) is 0 Å². The molecule has 1 unspecified atom stereocenters. The van der Waals surface area contributed by atoms with Gasteiger partial charge < -0.3 is 10.1 Å². The average Bonchev–Trinajstić information content (AvgIpc) is 1.99. The summed E-state index contributed by atoms with van der Waals surface area (Å²) in [6, 6.07) is -0.533. The van der Waals surface area contributed by atoms with Crippen molar-refractivity contribution in [2.75, 3.05) is 13.7 Å². The van der Waals surface area contributed by atoms with Gasteiger partial charge in [-0.15, -0.1) is 0 Å². The highest BCUT2D eigenvalue weighted by atomic mass is 19.4. The third kappa shape index (κ3) is 7.58. The predicted molar refractivity (Wildman–Crippen MR) is 40.2 cm³/mol. The van der Waals surface area contributed by atoms with Crippen LogP contribution in [0.3, 0.4) is 0 Å². The smallest absolute Gasteiger partial charge is 0.401 e. The molecule has 0 heterocycles. The number of halogens is 3. The lowest BCUT2D eigenvalue weighted by Crippen LogP contribution is -2.36. The molecule has 0 bridgehead atoms. The van der Waals surface area contributed by atoms with Crippen LogP contribution in [0.4, 0.5) is 13.2 Å². The minimum absolute atomic E-state index is 0.0629. The topological polar surface area (TPSA) is 38.3 Å². The van der Waals surface area contributed by atoms with Crippen molar-refractivity contribution < 1.29 is 22.7 Å². The SMILES string of the molecule is COC(=O)CC(C)NCC(F)(F)F. The van der Waals surface area contributed by atoms with Gasteiger partial charge in [-0.3, -0.25) is 4.79 Å². The highest BCUT2D eigenvalue weighted by Gasteiger charge is 2.27. The Hall–Kier alpha value is -0.780. The molecule has 0 fully saturated rings. The molecule has 0 aliphatic carbocycles. The second kappa shape index (κ2) is 5.06. The molecule has 3 nitrogen and oxygen atoms in total. The lowest BCUT2D eigenvalue weighted by Gasteiger charge is -2.13. The van der Waals surface area contributed by atoms with Gasteiger partial charge in [0, 0.05) is 6.04 Å². The first-order chi connectivity index (χ1) is 5.85. The van der Waals surface area contributed by atoms with Crippen molar-refractivity contribution >= 4 is 5.97 Å². The number of alkyl halides is 3. The van der Waals surface area contributed by atoms with E-state index in [0.717, 1.165) is 0 Å². The zero-order valence-electron chi connectivity index (χ0n) is 7.44. The average molecular weight is 199 g/mol. The summed E-state index contributed by atoms with van der Waals surface area (Å²) >= 11 is 0. The molecule has 13 heavy (non-hydrogen) atoms. The number of rotatable bonds is 4. The molecule has 0 amide bonds. The number of nitrogens with one attached hydrogen (secondary N) is 1. The molecule has 0 aromatic heterocycles. The molecular weight excluding hydrogens is 187 g/mol. The fraction of sp³-hybridized carbons (Fsp3) is 0.857. The van der Waals surface area contributed by atoms with Crippen LogP contribution in [0, 0.1) is 0 Å². The molecule has 6 heteroatoms. The predicted octanol–water partition coefficient (Wildman–Crippen LogP) is 1.09. The Balaban J connectivity index is 3.63. The van der Waals surface area contributed by atoms with E-state index in [0.29, 0.717) is 0 Å². The Bertz CT molecular complexity index is 170. The van der Waals surface area contributed by atoms with E-state index in [1.54, 1.807) is 0 Å². The second-order valence-corrected chi connectivity index (χ2v) is 2.68. The summed E-state index contributed by atoms with van der Waals surface area (Å²) < 4.78 is 39.3. The van der Waals surface area contributed by atoms with E-state index in [1.165, 1.54) is 14.0 Å². The van der Waals surface area contributed by atoms with Gasteiger partial charge in [-0.2, -0.15) is 13.2 Å². The largest absolute Gasteiger partial charge is 0.469 e. The number of ether oxygens (including phenoxy) is 1. The second-order valence-electron chi connectivity index (χ2n) is 2.68.